The minimum absolute atomic E-state index is 0.135. The molecule has 0 aliphatic rings. The summed E-state index contributed by atoms with van der Waals surface area (Å²) < 4.78 is 36.9. The van der Waals surface area contributed by atoms with E-state index < -0.39 is 11.7 Å². The van der Waals surface area contributed by atoms with Gasteiger partial charge in [-0.1, -0.05) is 23.4 Å². The zero-order chi connectivity index (χ0) is 11.3. The molecule has 0 aromatic heterocycles. The molecular weight excluding hydrogens is 207 g/mol. The van der Waals surface area contributed by atoms with Gasteiger partial charge in [0.1, 0.15) is 0 Å². The molecule has 1 aromatic carbocycles. The molecule has 0 N–H and O–H groups in total. The quantitative estimate of drug-likeness (QED) is 0.561. The van der Waals surface area contributed by atoms with E-state index in [0.717, 1.165) is 12.1 Å². The molecule has 0 heterocycles. The second-order valence-corrected chi connectivity index (χ2v) is 3.15. The Hall–Kier alpha value is -1.39. The molecule has 5 heteroatoms. The summed E-state index contributed by atoms with van der Waals surface area (Å²) in [5.41, 5.74) is -0.0764. The Morgan fingerprint density at radius 3 is 2.60 bits per heavy atom. The molecule has 15 heavy (non-hydrogen) atoms. The highest BCUT2D eigenvalue weighted by Crippen LogP contribution is 2.29. The van der Waals surface area contributed by atoms with E-state index in [1.165, 1.54) is 6.07 Å². The van der Waals surface area contributed by atoms with Gasteiger partial charge in [-0.25, -0.2) is 0 Å². The van der Waals surface area contributed by atoms with Gasteiger partial charge >= 0.3 is 6.18 Å². The van der Waals surface area contributed by atoms with Crippen molar-refractivity contribution in [2.75, 3.05) is 6.54 Å². The van der Waals surface area contributed by atoms with Gasteiger partial charge in [0.15, 0.2) is 0 Å². The number of aryl methyl sites for hydroxylation is 1. The SMILES string of the molecule is O=NCCCc1cccc(C(F)(F)F)c1. The van der Waals surface area contributed by atoms with Crippen molar-refractivity contribution in [3.05, 3.63) is 40.3 Å². The summed E-state index contributed by atoms with van der Waals surface area (Å²) in [6.07, 6.45) is -3.39. The van der Waals surface area contributed by atoms with Gasteiger partial charge in [0, 0.05) is 0 Å². The van der Waals surface area contributed by atoms with Crippen molar-refractivity contribution in [3.63, 3.8) is 0 Å². The number of nitrogens with zero attached hydrogens (tertiary/aromatic N) is 1. The molecular formula is C10H10F3NO. The molecule has 0 spiro atoms. The lowest BCUT2D eigenvalue weighted by molar-refractivity contribution is -0.137. The number of hydrogen-bond acceptors (Lipinski definition) is 2. The fourth-order valence-corrected chi connectivity index (χ4v) is 1.25. The minimum atomic E-state index is -4.31. The average molecular weight is 217 g/mol. The number of hydrogen-bond donors (Lipinski definition) is 0. The Balaban J connectivity index is 2.70. The topological polar surface area (TPSA) is 29.4 Å². The zero-order valence-corrected chi connectivity index (χ0v) is 7.92. The smallest absolute Gasteiger partial charge is 0.166 e. The summed E-state index contributed by atoms with van der Waals surface area (Å²) >= 11 is 0. The number of alkyl halides is 3. The predicted molar refractivity (Wildman–Crippen MR) is 50.4 cm³/mol. The van der Waals surface area contributed by atoms with Crippen LogP contribution in [0.3, 0.4) is 0 Å². The van der Waals surface area contributed by atoms with E-state index in [0.29, 0.717) is 18.4 Å². The van der Waals surface area contributed by atoms with Crippen molar-refractivity contribution in [2.45, 2.75) is 19.0 Å². The van der Waals surface area contributed by atoms with Crippen LogP contribution in [0.1, 0.15) is 17.5 Å². The van der Waals surface area contributed by atoms with Crippen LogP contribution in [0.4, 0.5) is 13.2 Å². The molecule has 82 valence electrons. The number of benzene rings is 1. The zero-order valence-electron chi connectivity index (χ0n) is 7.92. The average Bonchev–Trinajstić information content (AvgIpc) is 2.17. The molecule has 1 rings (SSSR count). The van der Waals surface area contributed by atoms with Crippen molar-refractivity contribution in [3.8, 4) is 0 Å². The van der Waals surface area contributed by atoms with Gasteiger partial charge < -0.3 is 0 Å². The van der Waals surface area contributed by atoms with E-state index in [2.05, 4.69) is 5.18 Å². The molecule has 0 fully saturated rings. The van der Waals surface area contributed by atoms with Crippen LogP contribution >= 0.6 is 0 Å². The number of nitroso groups, excluding NO2 is 1. The van der Waals surface area contributed by atoms with Gasteiger partial charge in [-0.3, -0.25) is 0 Å². The van der Waals surface area contributed by atoms with E-state index in [1.54, 1.807) is 6.07 Å². The summed E-state index contributed by atoms with van der Waals surface area (Å²) in [5, 5.41) is 2.65. The molecule has 2 nitrogen and oxygen atoms in total. The van der Waals surface area contributed by atoms with E-state index in [9.17, 15) is 18.1 Å². The van der Waals surface area contributed by atoms with E-state index >= 15 is 0 Å². The molecule has 0 radical (unpaired) electrons. The second kappa shape index (κ2) is 4.91. The van der Waals surface area contributed by atoms with Crippen LogP contribution in [0.2, 0.25) is 0 Å². The summed E-state index contributed by atoms with van der Waals surface area (Å²) in [6, 6.07) is 5.11. The number of rotatable bonds is 4. The van der Waals surface area contributed by atoms with Crippen molar-refractivity contribution in [2.24, 2.45) is 5.18 Å². The highest BCUT2D eigenvalue weighted by molar-refractivity contribution is 5.25. The summed E-state index contributed by atoms with van der Waals surface area (Å²) in [4.78, 5) is 9.79. The molecule has 0 bridgehead atoms. The van der Waals surface area contributed by atoms with Gasteiger partial charge in [-0.15, -0.1) is 0 Å². The largest absolute Gasteiger partial charge is 0.416 e. The summed E-state index contributed by atoms with van der Waals surface area (Å²) in [6.45, 7) is 0.135. The first-order valence-electron chi connectivity index (χ1n) is 4.49. The van der Waals surface area contributed by atoms with Gasteiger partial charge in [-0.2, -0.15) is 18.1 Å². The second-order valence-electron chi connectivity index (χ2n) is 3.15. The highest BCUT2D eigenvalue weighted by Gasteiger charge is 2.30. The third-order valence-electron chi connectivity index (χ3n) is 1.97. The van der Waals surface area contributed by atoms with Gasteiger partial charge in [0.2, 0.25) is 0 Å². The predicted octanol–water partition coefficient (Wildman–Crippen LogP) is 3.40. The van der Waals surface area contributed by atoms with E-state index in [1.807, 2.05) is 0 Å². The lowest BCUT2D eigenvalue weighted by Crippen LogP contribution is -2.05. The summed E-state index contributed by atoms with van der Waals surface area (Å²) in [5.74, 6) is 0. The first-order valence-corrected chi connectivity index (χ1v) is 4.49. The standard InChI is InChI=1S/C10H10F3NO/c11-10(12,13)9-5-1-3-8(7-9)4-2-6-14-15/h1,3,5,7H,2,4,6H2. The van der Waals surface area contributed by atoms with Crippen LogP contribution in [0.25, 0.3) is 0 Å². The molecule has 0 atom stereocenters. The van der Waals surface area contributed by atoms with Crippen molar-refractivity contribution >= 4 is 0 Å². The molecule has 0 unspecified atom stereocenters. The molecule has 0 aliphatic heterocycles. The Bertz CT molecular complexity index is 336. The Morgan fingerprint density at radius 2 is 2.00 bits per heavy atom. The van der Waals surface area contributed by atoms with Crippen LogP contribution in [0, 0.1) is 4.91 Å². The normalized spacial score (nSPS) is 11.4. The molecule has 1 aromatic rings. The van der Waals surface area contributed by atoms with Crippen LogP contribution in [-0.4, -0.2) is 6.54 Å². The molecule has 0 saturated carbocycles. The van der Waals surface area contributed by atoms with Gasteiger partial charge in [-0.05, 0) is 24.5 Å². The van der Waals surface area contributed by atoms with Crippen molar-refractivity contribution < 1.29 is 13.2 Å². The lowest BCUT2D eigenvalue weighted by Gasteiger charge is -2.07. The van der Waals surface area contributed by atoms with E-state index in [4.69, 9.17) is 0 Å². The van der Waals surface area contributed by atoms with Crippen LogP contribution in [0.5, 0.6) is 0 Å². The summed E-state index contributed by atoms with van der Waals surface area (Å²) in [7, 11) is 0. The maximum Gasteiger partial charge on any atom is 0.416 e. The van der Waals surface area contributed by atoms with Gasteiger partial charge in [0.25, 0.3) is 0 Å². The first-order chi connectivity index (χ1) is 7.04. The molecule has 0 saturated heterocycles. The monoisotopic (exact) mass is 217 g/mol. The van der Waals surface area contributed by atoms with Crippen LogP contribution < -0.4 is 0 Å². The number of halogens is 3. The fraction of sp³-hybridized carbons (Fsp3) is 0.400. The maximum absolute atomic E-state index is 12.3. The van der Waals surface area contributed by atoms with Crippen molar-refractivity contribution in [1.29, 1.82) is 0 Å². The third kappa shape index (κ3) is 3.69. The maximum atomic E-state index is 12.3. The third-order valence-corrected chi connectivity index (χ3v) is 1.97. The Labute approximate surface area is 85.1 Å². The van der Waals surface area contributed by atoms with Gasteiger partial charge in [0.05, 0.1) is 12.1 Å². The van der Waals surface area contributed by atoms with Crippen molar-refractivity contribution in [1.82, 2.24) is 0 Å². The Morgan fingerprint density at radius 1 is 1.27 bits per heavy atom. The molecule has 0 amide bonds. The lowest BCUT2D eigenvalue weighted by atomic mass is 10.1. The minimum Gasteiger partial charge on any atom is -0.166 e. The first kappa shape index (κ1) is 11.7. The fourth-order valence-electron chi connectivity index (χ4n) is 1.25. The Kier molecular flexibility index (Phi) is 3.82. The van der Waals surface area contributed by atoms with Crippen LogP contribution in [0.15, 0.2) is 29.4 Å². The highest BCUT2D eigenvalue weighted by atomic mass is 19.4. The van der Waals surface area contributed by atoms with E-state index in [-0.39, 0.29) is 6.54 Å². The van der Waals surface area contributed by atoms with Crippen LogP contribution in [-0.2, 0) is 12.6 Å². The molecule has 0 aliphatic carbocycles.